The van der Waals surface area contributed by atoms with Crippen LogP contribution in [0.3, 0.4) is 0 Å². The second kappa shape index (κ2) is 5.81. The van der Waals surface area contributed by atoms with E-state index in [-0.39, 0.29) is 5.82 Å². The molecule has 1 aromatic rings. The molecular formula is C15H23FN2. The van der Waals surface area contributed by atoms with E-state index in [1.165, 1.54) is 12.8 Å². The number of likely N-dealkylation sites (tertiary alicyclic amines) is 1. The van der Waals surface area contributed by atoms with E-state index in [1.54, 1.807) is 12.1 Å². The molecule has 0 spiro atoms. The zero-order valence-electron chi connectivity index (χ0n) is 11.6. The summed E-state index contributed by atoms with van der Waals surface area (Å²) < 4.78 is 13.3. The molecule has 0 atom stereocenters. The number of nitrogens with zero attached hydrogens (tertiary/aromatic N) is 2. The largest absolute Gasteiger partial charge is 0.306 e. The Hall–Kier alpha value is -0.930. The van der Waals surface area contributed by atoms with Crippen LogP contribution in [-0.4, -0.2) is 43.0 Å². The molecule has 1 aliphatic heterocycles. The fourth-order valence-electron chi connectivity index (χ4n) is 2.76. The van der Waals surface area contributed by atoms with E-state index >= 15 is 0 Å². The van der Waals surface area contributed by atoms with Gasteiger partial charge in [-0.15, -0.1) is 0 Å². The molecule has 0 saturated carbocycles. The first-order chi connectivity index (χ1) is 8.54. The van der Waals surface area contributed by atoms with Crippen molar-refractivity contribution >= 4 is 0 Å². The van der Waals surface area contributed by atoms with Crippen LogP contribution in [0.25, 0.3) is 0 Å². The summed E-state index contributed by atoms with van der Waals surface area (Å²) in [6.07, 6.45) is 2.42. The lowest BCUT2D eigenvalue weighted by Gasteiger charge is -2.35. The molecule has 2 rings (SSSR count). The summed E-state index contributed by atoms with van der Waals surface area (Å²) in [7, 11) is 4.30. The minimum Gasteiger partial charge on any atom is -0.306 e. The average molecular weight is 250 g/mol. The second-order valence-electron chi connectivity index (χ2n) is 5.61. The summed E-state index contributed by atoms with van der Waals surface area (Å²) in [5, 5.41) is 0. The van der Waals surface area contributed by atoms with Crippen molar-refractivity contribution in [2.75, 3.05) is 27.2 Å². The van der Waals surface area contributed by atoms with Gasteiger partial charge in [-0.05, 0) is 70.2 Å². The second-order valence-corrected chi connectivity index (χ2v) is 5.61. The van der Waals surface area contributed by atoms with Crippen LogP contribution in [0.5, 0.6) is 0 Å². The molecule has 0 unspecified atom stereocenters. The van der Waals surface area contributed by atoms with E-state index in [2.05, 4.69) is 30.0 Å². The van der Waals surface area contributed by atoms with E-state index < -0.39 is 0 Å². The predicted octanol–water partition coefficient (Wildman–Crippen LogP) is 2.66. The minimum absolute atomic E-state index is 0.117. The molecule has 0 aliphatic carbocycles. The van der Waals surface area contributed by atoms with Gasteiger partial charge in [0.15, 0.2) is 0 Å². The fraction of sp³-hybridized carbons (Fsp3) is 0.600. The van der Waals surface area contributed by atoms with Gasteiger partial charge in [0, 0.05) is 12.6 Å². The quantitative estimate of drug-likeness (QED) is 0.814. The van der Waals surface area contributed by atoms with E-state index in [1.807, 2.05) is 6.92 Å². The molecule has 1 aliphatic rings. The van der Waals surface area contributed by atoms with Gasteiger partial charge in [-0.3, -0.25) is 4.90 Å². The number of rotatable bonds is 3. The highest BCUT2D eigenvalue weighted by atomic mass is 19.1. The van der Waals surface area contributed by atoms with Gasteiger partial charge in [-0.25, -0.2) is 4.39 Å². The fourth-order valence-corrected chi connectivity index (χ4v) is 2.76. The molecule has 0 amide bonds. The molecule has 0 radical (unpaired) electrons. The Morgan fingerprint density at radius 2 is 1.89 bits per heavy atom. The van der Waals surface area contributed by atoms with Gasteiger partial charge in [0.05, 0.1) is 0 Å². The van der Waals surface area contributed by atoms with Gasteiger partial charge in [-0.2, -0.15) is 0 Å². The maximum atomic E-state index is 13.3. The molecular weight excluding hydrogens is 227 g/mol. The van der Waals surface area contributed by atoms with Gasteiger partial charge in [0.25, 0.3) is 0 Å². The zero-order valence-corrected chi connectivity index (χ0v) is 11.6. The summed E-state index contributed by atoms with van der Waals surface area (Å²) in [5.41, 5.74) is 2.10. The summed E-state index contributed by atoms with van der Waals surface area (Å²) in [4.78, 5) is 4.73. The van der Waals surface area contributed by atoms with Gasteiger partial charge in [0.2, 0.25) is 0 Å². The van der Waals surface area contributed by atoms with Crippen LogP contribution < -0.4 is 0 Å². The van der Waals surface area contributed by atoms with Crippen molar-refractivity contribution in [2.24, 2.45) is 0 Å². The van der Waals surface area contributed by atoms with Crippen LogP contribution in [0.1, 0.15) is 24.0 Å². The van der Waals surface area contributed by atoms with E-state index in [4.69, 9.17) is 0 Å². The number of benzene rings is 1. The summed E-state index contributed by atoms with van der Waals surface area (Å²) in [5.74, 6) is -0.117. The molecule has 0 aromatic heterocycles. The van der Waals surface area contributed by atoms with Gasteiger partial charge in [-0.1, -0.05) is 6.07 Å². The number of hydrogen-bond donors (Lipinski definition) is 0. The normalized spacial score (nSPS) is 18.5. The predicted molar refractivity (Wildman–Crippen MR) is 73.1 cm³/mol. The molecule has 3 heteroatoms. The lowest BCUT2D eigenvalue weighted by Crippen LogP contribution is -2.41. The Bertz CT molecular complexity index is 375. The number of halogens is 1. The number of hydrogen-bond acceptors (Lipinski definition) is 2. The molecule has 1 heterocycles. The maximum Gasteiger partial charge on any atom is 0.123 e. The molecule has 0 bridgehead atoms. The van der Waals surface area contributed by atoms with Crippen LogP contribution >= 0.6 is 0 Å². The third-order valence-corrected chi connectivity index (χ3v) is 3.80. The molecule has 1 saturated heterocycles. The molecule has 1 aromatic carbocycles. The molecule has 100 valence electrons. The van der Waals surface area contributed by atoms with Crippen molar-refractivity contribution in [2.45, 2.75) is 32.4 Å². The van der Waals surface area contributed by atoms with E-state index in [0.717, 1.165) is 30.8 Å². The molecule has 0 N–H and O–H groups in total. The van der Waals surface area contributed by atoms with Gasteiger partial charge < -0.3 is 4.90 Å². The van der Waals surface area contributed by atoms with Crippen molar-refractivity contribution in [1.82, 2.24) is 9.80 Å². The molecule has 18 heavy (non-hydrogen) atoms. The first-order valence-electron chi connectivity index (χ1n) is 6.69. The zero-order chi connectivity index (χ0) is 13.1. The Balaban J connectivity index is 1.91. The highest BCUT2D eigenvalue weighted by molar-refractivity contribution is 5.23. The van der Waals surface area contributed by atoms with Crippen molar-refractivity contribution in [3.05, 3.63) is 35.1 Å². The van der Waals surface area contributed by atoms with Crippen LogP contribution in [0.2, 0.25) is 0 Å². The Morgan fingerprint density at radius 3 is 2.44 bits per heavy atom. The van der Waals surface area contributed by atoms with Gasteiger partial charge >= 0.3 is 0 Å². The number of aryl methyl sites for hydroxylation is 1. The lowest BCUT2D eigenvalue weighted by molar-refractivity contribution is 0.140. The van der Waals surface area contributed by atoms with Gasteiger partial charge in [0.1, 0.15) is 5.82 Å². The standard InChI is InChI=1S/C15H23FN2/c1-12-8-13(10-14(16)9-12)11-18-6-4-15(5-7-18)17(2)3/h8-10,15H,4-7,11H2,1-3H3. The van der Waals surface area contributed by atoms with Crippen LogP contribution in [0.15, 0.2) is 18.2 Å². The topological polar surface area (TPSA) is 6.48 Å². The van der Waals surface area contributed by atoms with Crippen LogP contribution in [0, 0.1) is 12.7 Å². The van der Waals surface area contributed by atoms with E-state index in [9.17, 15) is 4.39 Å². The third-order valence-electron chi connectivity index (χ3n) is 3.80. The van der Waals surface area contributed by atoms with E-state index in [0.29, 0.717) is 6.04 Å². The average Bonchev–Trinajstić information content (AvgIpc) is 2.28. The monoisotopic (exact) mass is 250 g/mol. The summed E-state index contributed by atoms with van der Waals surface area (Å²) >= 11 is 0. The van der Waals surface area contributed by atoms with Crippen molar-refractivity contribution in [3.8, 4) is 0 Å². The Labute approximate surface area is 109 Å². The van der Waals surface area contributed by atoms with Crippen molar-refractivity contribution in [1.29, 1.82) is 0 Å². The third kappa shape index (κ3) is 3.53. The SMILES string of the molecule is Cc1cc(F)cc(CN2CCC(N(C)C)CC2)c1. The first-order valence-corrected chi connectivity index (χ1v) is 6.69. The molecule has 2 nitrogen and oxygen atoms in total. The summed E-state index contributed by atoms with van der Waals surface area (Å²) in [6, 6.07) is 6.03. The minimum atomic E-state index is -0.117. The van der Waals surface area contributed by atoms with Crippen molar-refractivity contribution < 1.29 is 4.39 Å². The van der Waals surface area contributed by atoms with Crippen molar-refractivity contribution in [3.63, 3.8) is 0 Å². The Kier molecular flexibility index (Phi) is 4.36. The molecule has 1 fully saturated rings. The van der Waals surface area contributed by atoms with Crippen LogP contribution in [0.4, 0.5) is 4.39 Å². The maximum absolute atomic E-state index is 13.3. The van der Waals surface area contributed by atoms with Crippen LogP contribution in [-0.2, 0) is 6.54 Å². The Morgan fingerprint density at radius 1 is 1.22 bits per heavy atom. The smallest absolute Gasteiger partial charge is 0.123 e. The highest BCUT2D eigenvalue weighted by Crippen LogP contribution is 2.17. The number of piperidine rings is 1. The highest BCUT2D eigenvalue weighted by Gasteiger charge is 2.20. The lowest BCUT2D eigenvalue weighted by atomic mass is 10.0. The summed E-state index contributed by atoms with van der Waals surface area (Å²) in [6.45, 7) is 5.04. The first kappa shape index (κ1) is 13.5.